The van der Waals surface area contributed by atoms with Gasteiger partial charge in [-0.15, -0.1) is 0 Å². The largest absolute Gasteiger partial charge is 0.354 e. The van der Waals surface area contributed by atoms with Gasteiger partial charge in [0.05, 0.1) is 5.69 Å². The second-order valence-corrected chi connectivity index (χ2v) is 7.26. The van der Waals surface area contributed by atoms with Crippen molar-refractivity contribution in [1.29, 1.82) is 0 Å². The van der Waals surface area contributed by atoms with E-state index >= 15 is 0 Å². The molecule has 4 rings (SSSR count). The van der Waals surface area contributed by atoms with Gasteiger partial charge in [0.15, 0.2) is 0 Å². The highest BCUT2D eigenvalue weighted by Gasteiger charge is 2.18. The molecular formula is C22H27N5O. The monoisotopic (exact) mass is 377 g/mol. The van der Waals surface area contributed by atoms with Crippen molar-refractivity contribution in [3.63, 3.8) is 0 Å². The molecule has 0 radical (unpaired) electrons. The van der Waals surface area contributed by atoms with E-state index < -0.39 is 0 Å². The van der Waals surface area contributed by atoms with E-state index in [9.17, 15) is 4.79 Å². The summed E-state index contributed by atoms with van der Waals surface area (Å²) in [6, 6.07) is 17.9. The van der Waals surface area contributed by atoms with Gasteiger partial charge in [-0.3, -0.25) is 14.4 Å². The van der Waals surface area contributed by atoms with Gasteiger partial charge in [0, 0.05) is 57.2 Å². The summed E-state index contributed by atoms with van der Waals surface area (Å²) < 4.78 is 3.89. The first kappa shape index (κ1) is 18.5. The Hall–Kier alpha value is -2.86. The van der Waals surface area contributed by atoms with Crippen molar-refractivity contribution in [2.24, 2.45) is 0 Å². The normalized spacial score (nSPS) is 15.1. The van der Waals surface area contributed by atoms with E-state index in [1.807, 2.05) is 64.9 Å². The Kier molecular flexibility index (Phi) is 5.58. The third kappa shape index (κ3) is 4.02. The summed E-state index contributed by atoms with van der Waals surface area (Å²) in [6.45, 7) is 7.77. The Bertz CT molecular complexity index is 940. The standard InChI is InChI=1S/C22H27N5O/c1-19-18-22(28)26(27(19)20-8-3-2-4-9-20)13-7-12-24-14-16-25(17-15-24)21-10-5-6-11-23-21/h2-6,8-11,18H,7,12-17H2,1H3. The quantitative estimate of drug-likeness (QED) is 0.662. The van der Waals surface area contributed by atoms with Gasteiger partial charge >= 0.3 is 0 Å². The molecular weight excluding hydrogens is 350 g/mol. The van der Waals surface area contributed by atoms with Crippen molar-refractivity contribution in [1.82, 2.24) is 19.2 Å². The molecule has 1 saturated heterocycles. The molecule has 0 saturated carbocycles. The van der Waals surface area contributed by atoms with E-state index in [2.05, 4.69) is 20.9 Å². The number of pyridine rings is 1. The predicted octanol–water partition coefficient (Wildman–Crippen LogP) is 2.55. The summed E-state index contributed by atoms with van der Waals surface area (Å²) >= 11 is 0. The highest BCUT2D eigenvalue weighted by Crippen LogP contribution is 2.13. The molecule has 0 unspecified atom stereocenters. The van der Waals surface area contributed by atoms with Gasteiger partial charge in [0.2, 0.25) is 0 Å². The minimum atomic E-state index is 0.0707. The van der Waals surface area contributed by atoms with Crippen LogP contribution in [0.15, 0.2) is 65.6 Å². The molecule has 3 heterocycles. The first-order chi connectivity index (χ1) is 13.7. The van der Waals surface area contributed by atoms with Crippen LogP contribution in [0.2, 0.25) is 0 Å². The number of hydrogen-bond donors (Lipinski definition) is 0. The number of anilines is 1. The van der Waals surface area contributed by atoms with Crippen LogP contribution in [0.5, 0.6) is 0 Å². The fourth-order valence-electron chi connectivity index (χ4n) is 3.91. The van der Waals surface area contributed by atoms with Crippen LogP contribution >= 0.6 is 0 Å². The second kappa shape index (κ2) is 8.44. The Balaban J connectivity index is 1.34. The van der Waals surface area contributed by atoms with Crippen molar-refractivity contribution in [2.45, 2.75) is 19.9 Å². The molecule has 0 spiro atoms. The fraction of sp³-hybridized carbons (Fsp3) is 0.364. The molecule has 0 atom stereocenters. The maximum absolute atomic E-state index is 12.4. The summed E-state index contributed by atoms with van der Waals surface area (Å²) in [4.78, 5) is 21.7. The zero-order chi connectivity index (χ0) is 19.3. The molecule has 6 heteroatoms. The average molecular weight is 377 g/mol. The van der Waals surface area contributed by atoms with Crippen LogP contribution in [0.3, 0.4) is 0 Å². The molecule has 1 fully saturated rings. The lowest BCUT2D eigenvalue weighted by atomic mass is 10.2. The lowest BCUT2D eigenvalue weighted by Crippen LogP contribution is -2.47. The third-order valence-corrected chi connectivity index (χ3v) is 5.35. The molecule has 2 aromatic heterocycles. The lowest BCUT2D eigenvalue weighted by molar-refractivity contribution is 0.247. The molecule has 0 N–H and O–H groups in total. The minimum Gasteiger partial charge on any atom is -0.354 e. The Morgan fingerprint density at radius 3 is 2.39 bits per heavy atom. The van der Waals surface area contributed by atoms with E-state index in [1.165, 1.54) is 0 Å². The van der Waals surface area contributed by atoms with Crippen LogP contribution in [0.1, 0.15) is 12.1 Å². The molecule has 3 aromatic rings. The van der Waals surface area contributed by atoms with E-state index in [0.29, 0.717) is 0 Å². The summed E-state index contributed by atoms with van der Waals surface area (Å²) in [7, 11) is 0. The zero-order valence-corrected chi connectivity index (χ0v) is 16.4. The van der Waals surface area contributed by atoms with Crippen LogP contribution in [-0.2, 0) is 6.54 Å². The number of aryl methyl sites for hydroxylation is 1. The average Bonchev–Trinajstić information content (AvgIpc) is 3.03. The highest BCUT2D eigenvalue weighted by atomic mass is 16.1. The van der Waals surface area contributed by atoms with Crippen molar-refractivity contribution >= 4 is 5.82 Å². The number of rotatable bonds is 6. The Labute approximate surface area is 165 Å². The predicted molar refractivity (Wildman–Crippen MR) is 112 cm³/mol. The molecule has 1 aliphatic heterocycles. The molecule has 1 aliphatic rings. The number of piperazine rings is 1. The zero-order valence-electron chi connectivity index (χ0n) is 16.4. The van der Waals surface area contributed by atoms with Crippen molar-refractivity contribution in [2.75, 3.05) is 37.6 Å². The van der Waals surface area contributed by atoms with Crippen LogP contribution in [0.4, 0.5) is 5.82 Å². The van der Waals surface area contributed by atoms with Gasteiger partial charge in [-0.25, -0.2) is 9.67 Å². The molecule has 0 aliphatic carbocycles. The Morgan fingerprint density at radius 1 is 0.929 bits per heavy atom. The van der Waals surface area contributed by atoms with Gasteiger partial charge in [-0.2, -0.15) is 0 Å². The smallest absolute Gasteiger partial charge is 0.267 e. The molecule has 28 heavy (non-hydrogen) atoms. The fourth-order valence-corrected chi connectivity index (χ4v) is 3.91. The maximum Gasteiger partial charge on any atom is 0.267 e. The van der Waals surface area contributed by atoms with Crippen molar-refractivity contribution in [3.8, 4) is 5.69 Å². The maximum atomic E-state index is 12.4. The van der Waals surface area contributed by atoms with Crippen LogP contribution < -0.4 is 10.5 Å². The van der Waals surface area contributed by atoms with Crippen LogP contribution in [0.25, 0.3) is 5.69 Å². The van der Waals surface area contributed by atoms with Gasteiger partial charge in [0.25, 0.3) is 5.56 Å². The number of para-hydroxylation sites is 1. The minimum absolute atomic E-state index is 0.0707. The number of nitrogens with zero attached hydrogens (tertiary/aromatic N) is 5. The van der Waals surface area contributed by atoms with Gasteiger partial charge in [-0.05, 0) is 37.6 Å². The molecule has 0 amide bonds. The summed E-state index contributed by atoms with van der Waals surface area (Å²) in [5, 5.41) is 0. The number of hydrogen-bond acceptors (Lipinski definition) is 4. The van der Waals surface area contributed by atoms with E-state index in [-0.39, 0.29) is 5.56 Å². The molecule has 1 aromatic carbocycles. The second-order valence-electron chi connectivity index (χ2n) is 7.26. The molecule has 146 valence electrons. The van der Waals surface area contributed by atoms with Gasteiger partial charge < -0.3 is 4.90 Å². The van der Waals surface area contributed by atoms with Crippen LogP contribution in [-0.4, -0.2) is 52.0 Å². The number of aromatic nitrogens is 3. The SMILES string of the molecule is Cc1cc(=O)n(CCCN2CCN(c3ccccn3)CC2)n1-c1ccccc1. The topological polar surface area (TPSA) is 46.3 Å². The molecule has 6 nitrogen and oxygen atoms in total. The van der Waals surface area contributed by atoms with Crippen molar-refractivity contribution < 1.29 is 0 Å². The highest BCUT2D eigenvalue weighted by molar-refractivity contribution is 5.38. The first-order valence-electron chi connectivity index (χ1n) is 9.95. The summed E-state index contributed by atoms with van der Waals surface area (Å²) in [5.41, 5.74) is 2.08. The Morgan fingerprint density at radius 2 is 1.68 bits per heavy atom. The third-order valence-electron chi connectivity index (χ3n) is 5.35. The van der Waals surface area contributed by atoms with E-state index in [4.69, 9.17) is 0 Å². The van der Waals surface area contributed by atoms with Crippen molar-refractivity contribution in [3.05, 3.63) is 76.8 Å². The summed E-state index contributed by atoms with van der Waals surface area (Å²) in [5.74, 6) is 1.06. The number of benzene rings is 1. The van der Waals surface area contributed by atoms with Crippen LogP contribution in [0, 0.1) is 6.92 Å². The lowest BCUT2D eigenvalue weighted by Gasteiger charge is -2.35. The van der Waals surface area contributed by atoms with E-state index in [0.717, 1.165) is 62.9 Å². The van der Waals surface area contributed by atoms with Gasteiger partial charge in [0.1, 0.15) is 5.82 Å². The van der Waals surface area contributed by atoms with E-state index in [1.54, 1.807) is 6.07 Å². The molecule has 0 bridgehead atoms. The van der Waals surface area contributed by atoms with Gasteiger partial charge in [-0.1, -0.05) is 24.3 Å². The summed E-state index contributed by atoms with van der Waals surface area (Å²) in [6.07, 6.45) is 2.81. The first-order valence-corrected chi connectivity index (χ1v) is 9.95.